The fourth-order valence-corrected chi connectivity index (χ4v) is 2.33. The van der Waals surface area contributed by atoms with Gasteiger partial charge < -0.3 is 15.2 Å². The summed E-state index contributed by atoms with van der Waals surface area (Å²) in [5.41, 5.74) is 6.60. The van der Waals surface area contributed by atoms with Gasteiger partial charge in [-0.2, -0.15) is 0 Å². The van der Waals surface area contributed by atoms with E-state index in [0.29, 0.717) is 11.6 Å². The fraction of sp³-hybridized carbons (Fsp3) is 0.333. The van der Waals surface area contributed by atoms with Crippen molar-refractivity contribution < 1.29 is 9.47 Å². The number of benzene rings is 1. The second-order valence-electron chi connectivity index (χ2n) is 5.47. The highest BCUT2D eigenvalue weighted by Gasteiger charge is 2.32. The van der Waals surface area contributed by atoms with Crippen LogP contribution in [0.2, 0.25) is 0 Å². The first kappa shape index (κ1) is 12.7. The van der Waals surface area contributed by atoms with Crippen molar-refractivity contribution in [2.24, 2.45) is 0 Å². The van der Waals surface area contributed by atoms with Crippen molar-refractivity contribution in [1.29, 1.82) is 0 Å². The van der Waals surface area contributed by atoms with Gasteiger partial charge in [0.05, 0.1) is 0 Å². The molecule has 2 heterocycles. The van der Waals surface area contributed by atoms with Crippen LogP contribution < -0.4 is 15.2 Å². The Morgan fingerprint density at radius 2 is 2.20 bits per heavy atom. The average Bonchev–Trinajstić information content (AvgIpc) is 2.71. The zero-order valence-electron chi connectivity index (χ0n) is 11.6. The van der Waals surface area contributed by atoms with Crippen molar-refractivity contribution in [3.8, 4) is 11.5 Å². The molecule has 0 saturated heterocycles. The van der Waals surface area contributed by atoms with Gasteiger partial charge in [-0.15, -0.1) is 0 Å². The number of hydrogen-bond acceptors (Lipinski definition) is 5. The molecular formula is C15H17N3O2. The summed E-state index contributed by atoms with van der Waals surface area (Å²) in [5.74, 6) is 2.54. The molecule has 20 heavy (non-hydrogen) atoms. The number of aromatic nitrogens is 2. The van der Waals surface area contributed by atoms with E-state index in [1.54, 1.807) is 12.3 Å². The van der Waals surface area contributed by atoms with E-state index in [2.05, 4.69) is 29.9 Å². The first-order chi connectivity index (χ1) is 9.53. The van der Waals surface area contributed by atoms with Crippen molar-refractivity contribution in [1.82, 2.24) is 9.97 Å². The quantitative estimate of drug-likeness (QED) is 0.928. The fourth-order valence-electron chi connectivity index (χ4n) is 2.33. The predicted molar refractivity (Wildman–Crippen MR) is 75.6 cm³/mol. The van der Waals surface area contributed by atoms with Crippen LogP contribution in [0.5, 0.6) is 11.5 Å². The summed E-state index contributed by atoms with van der Waals surface area (Å²) in [7, 11) is 0. The van der Waals surface area contributed by atoms with E-state index in [4.69, 9.17) is 15.2 Å². The molecule has 1 aromatic heterocycles. The van der Waals surface area contributed by atoms with Crippen molar-refractivity contribution in [2.75, 3.05) is 5.73 Å². The highest BCUT2D eigenvalue weighted by Crippen LogP contribution is 2.41. The predicted octanol–water partition coefficient (Wildman–Crippen LogP) is 2.35. The largest absolute Gasteiger partial charge is 0.483 e. The van der Waals surface area contributed by atoms with Gasteiger partial charge in [0.1, 0.15) is 18.0 Å². The number of nitrogens with two attached hydrogens (primary N) is 1. The lowest BCUT2D eigenvalue weighted by Crippen LogP contribution is -2.24. The topological polar surface area (TPSA) is 70.3 Å². The normalized spacial score (nSPS) is 15.5. The van der Waals surface area contributed by atoms with E-state index in [1.165, 1.54) is 5.56 Å². The first-order valence-electron chi connectivity index (χ1n) is 6.55. The molecule has 3 rings (SSSR count). The molecule has 0 spiro atoms. The monoisotopic (exact) mass is 271 g/mol. The van der Waals surface area contributed by atoms with Gasteiger partial charge >= 0.3 is 0 Å². The lowest BCUT2D eigenvalue weighted by Gasteiger charge is -2.18. The van der Waals surface area contributed by atoms with Gasteiger partial charge in [-0.1, -0.05) is 12.1 Å². The minimum absolute atomic E-state index is 0.185. The number of ether oxygens (including phenoxy) is 2. The molecule has 1 aliphatic rings. The van der Waals surface area contributed by atoms with Gasteiger partial charge in [-0.3, -0.25) is 0 Å². The minimum atomic E-state index is -0.185. The Morgan fingerprint density at radius 3 is 3.00 bits per heavy atom. The molecule has 0 unspecified atom stereocenters. The van der Waals surface area contributed by atoms with E-state index < -0.39 is 0 Å². The van der Waals surface area contributed by atoms with E-state index in [9.17, 15) is 0 Å². The van der Waals surface area contributed by atoms with Crippen molar-refractivity contribution in [3.05, 3.63) is 41.9 Å². The van der Waals surface area contributed by atoms with Crippen LogP contribution >= 0.6 is 0 Å². The lowest BCUT2D eigenvalue weighted by molar-refractivity contribution is 0.131. The van der Waals surface area contributed by atoms with Crippen LogP contribution in [0.3, 0.4) is 0 Å². The van der Waals surface area contributed by atoms with Crippen LogP contribution in [-0.4, -0.2) is 15.6 Å². The Bertz CT molecular complexity index is 641. The highest BCUT2D eigenvalue weighted by molar-refractivity contribution is 5.50. The van der Waals surface area contributed by atoms with E-state index in [1.807, 2.05) is 12.1 Å². The Balaban J connectivity index is 1.78. The maximum absolute atomic E-state index is 5.95. The third-order valence-electron chi connectivity index (χ3n) is 3.14. The summed E-state index contributed by atoms with van der Waals surface area (Å²) < 4.78 is 11.7. The van der Waals surface area contributed by atoms with Gasteiger partial charge in [0.25, 0.3) is 0 Å². The number of hydrogen-bond donors (Lipinski definition) is 1. The van der Waals surface area contributed by atoms with Crippen LogP contribution in [0.15, 0.2) is 30.5 Å². The van der Waals surface area contributed by atoms with Crippen LogP contribution in [0.4, 0.5) is 5.82 Å². The number of anilines is 1. The Hall–Kier alpha value is -2.30. The molecule has 0 amide bonds. The summed E-state index contributed by atoms with van der Waals surface area (Å²) in [6.45, 7) is 4.40. The minimum Gasteiger partial charge on any atom is -0.483 e. The van der Waals surface area contributed by atoms with E-state index >= 15 is 0 Å². The Kier molecular flexibility index (Phi) is 2.97. The molecule has 5 nitrogen and oxygen atoms in total. The van der Waals surface area contributed by atoms with Crippen molar-refractivity contribution in [2.45, 2.75) is 32.5 Å². The summed E-state index contributed by atoms with van der Waals surface area (Å²) in [6.07, 6.45) is 2.50. The van der Waals surface area contributed by atoms with Crippen LogP contribution in [0.25, 0.3) is 0 Å². The van der Waals surface area contributed by atoms with E-state index in [0.717, 1.165) is 17.9 Å². The van der Waals surface area contributed by atoms with Crippen molar-refractivity contribution in [3.63, 3.8) is 0 Å². The zero-order chi connectivity index (χ0) is 14.2. The molecule has 0 radical (unpaired) electrons. The smallest absolute Gasteiger partial charge is 0.168 e. The lowest BCUT2D eigenvalue weighted by atomic mass is 10.0. The summed E-state index contributed by atoms with van der Waals surface area (Å²) >= 11 is 0. The molecule has 5 heteroatoms. The van der Waals surface area contributed by atoms with Gasteiger partial charge in [0.2, 0.25) is 0 Å². The van der Waals surface area contributed by atoms with Crippen LogP contribution in [-0.2, 0) is 13.0 Å². The Labute approximate surface area is 117 Å². The second kappa shape index (κ2) is 4.67. The maximum atomic E-state index is 5.95. The van der Waals surface area contributed by atoms with Crippen LogP contribution in [0.1, 0.15) is 25.2 Å². The standard InChI is InChI=1S/C15H17N3O2/c1-15(2)8-10-4-3-5-11(14(10)20-15)19-9-13-17-7-6-12(16)18-13/h3-7H,8-9H2,1-2H3,(H2,16,17,18). The summed E-state index contributed by atoms with van der Waals surface area (Å²) in [4.78, 5) is 8.23. The summed E-state index contributed by atoms with van der Waals surface area (Å²) in [6, 6.07) is 7.58. The third kappa shape index (κ3) is 2.52. The SMILES string of the molecule is CC1(C)Cc2cccc(OCc3nccc(N)n3)c2O1. The van der Waals surface area contributed by atoms with Crippen molar-refractivity contribution >= 4 is 5.82 Å². The molecule has 0 aliphatic carbocycles. The maximum Gasteiger partial charge on any atom is 0.168 e. The highest BCUT2D eigenvalue weighted by atomic mass is 16.5. The summed E-state index contributed by atoms with van der Waals surface area (Å²) in [5, 5.41) is 0. The number of nitrogen functional groups attached to an aromatic ring is 1. The van der Waals surface area contributed by atoms with Gasteiger partial charge in [0.15, 0.2) is 17.3 Å². The molecule has 2 aromatic rings. The first-order valence-corrected chi connectivity index (χ1v) is 6.55. The van der Waals surface area contributed by atoms with Gasteiger partial charge in [-0.05, 0) is 26.0 Å². The zero-order valence-corrected chi connectivity index (χ0v) is 11.6. The van der Waals surface area contributed by atoms with Gasteiger partial charge in [0, 0.05) is 18.2 Å². The molecule has 2 N–H and O–H groups in total. The van der Waals surface area contributed by atoms with Gasteiger partial charge in [-0.25, -0.2) is 9.97 Å². The molecular weight excluding hydrogens is 254 g/mol. The average molecular weight is 271 g/mol. The molecule has 0 bridgehead atoms. The number of para-hydroxylation sites is 1. The van der Waals surface area contributed by atoms with Crippen LogP contribution in [0, 0.1) is 0 Å². The second-order valence-corrected chi connectivity index (χ2v) is 5.47. The Morgan fingerprint density at radius 1 is 1.35 bits per heavy atom. The number of nitrogens with zero attached hydrogens (tertiary/aromatic N) is 2. The number of fused-ring (bicyclic) bond motifs is 1. The molecule has 1 aliphatic heterocycles. The molecule has 0 fully saturated rings. The molecule has 104 valence electrons. The molecule has 1 aromatic carbocycles. The van der Waals surface area contributed by atoms with E-state index in [-0.39, 0.29) is 12.2 Å². The molecule has 0 atom stereocenters. The number of rotatable bonds is 3. The molecule has 0 saturated carbocycles. The third-order valence-corrected chi connectivity index (χ3v) is 3.14.